The number of aromatic nitrogens is 8. The fourth-order valence-corrected chi connectivity index (χ4v) is 7.35. The fraction of sp³-hybridized carbons (Fsp3) is 0.760. The van der Waals surface area contributed by atoms with Gasteiger partial charge in [-0.05, 0) is 39.5 Å². The minimum Gasteiger partial charge on any atom is -0.240 e. The number of hydrogen-bond acceptors (Lipinski definition) is 0. The van der Waals surface area contributed by atoms with E-state index in [-0.39, 0.29) is 0 Å². The zero-order chi connectivity index (χ0) is 42.6. The van der Waals surface area contributed by atoms with Crippen LogP contribution < -0.4 is 18.3 Å². The highest BCUT2D eigenvalue weighted by molar-refractivity contribution is 4.77. The van der Waals surface area contributed by atoms with Crippen LogP contribution >= 0.6 is 0 Å². The van der Waals surface area contributed by atoms with Crippen molar-refractivity contribution in [1.82, 2.24) is 18.3 Å². The van der Waals surface area contributed by atoms with Crippen molar-refractivity contribution in [2.75, 3.05) is 0 Å². The van der Waals surface area contributed by atoms with E-state index in [1.165, 1.54) is 179 Å². The van der Waals surface area contributed by atoms with Crippen molar-refractivity contribution in [3.63, 3.8) is 0 Å². The molecule has 0 amide bonds. The molecule has 58 heavy (non-hydrogen) atoms. The third kappa shape index (κ3) is 26.8. The highest BCUT2D eigenvalue weighted by Gasteiger charge is 2.07. The van der Waals surface area contributed by atoms with Crippen LogP contribution in [0.15, 0.2) is 62.2 Å². The van der Waals surface area contributed by atoms with E-state index in [1.807, 2.05) is 17.8 Å². The molecule has 332 valence electrons. The Morgan fingerprint density at radius 1 is 0.362 bits per heavy atom. The maximum absolute atomic E-state index is 2.38. The molecule has 0 fully saturated rings. The van der Waals surface area contributed by atoms with Crippen molar-refractivity contribution < 1.29 is 18.3 Å². The summed E-state index contributed by atoms with van der Waals surface area (Å²) in [6, 6.07) is 0. The topological polar surface area (TPSA) is 35.2 Å². The van der Waals surface area contributed by atoms with Gasteiger partial charge in [-0.1, -0.05) is 142 Å². The molecule has 0 aromatic carbocycles. The van der Waals surface area contributed by atoms with E-state index < -0.39 is 0 Å². The standard InChI is InChI=1S/C21H41N2.C16H31N2.C7H13N2.C6H11N2/c1-4-5-6-7-8-9-10-11-12-13-14-15-16-17-18-23-20-19-22(3)21(23)2;1-3-4-5-6-7-8-9-10-11-12-13-18-15-14-17(2)16-18;1-4-9-6-5-8(3)7(9)2;1-3-8-5-4-7(2)6-8/h19-20H,4-18H2,1-3H3;14-16H,3-13H2,1-2H3;5-6H,4H2,1-3H3;4-6H,3H2,1-2H3/q4*+1. The number of nitrogens with zero attached hydrogens (tertiary/aromatic N) is 8. The van der Waals surface area contributed by atoms with Gasteiger partial charge in [0, 0.05) is 13.8 Å². The van der Waals surface area contributed by atoms with Crippen LogP contribution in [0.5, 0.6) is 0 Å². The maximum Gasteiger partial charge on any atom is 0.253 e. The second-order valence-electron chi connectivity index (χ2n) is 16.9. The van der Waals surface area contributed by atoms with Gasteiger partial charge in [0.25, 0.3) is 11.6 Å². The van der Waals surface area contributed by atoms with Crippen molar-refractivity contribution >= 4 is 0 Å². The lowest BCUT2D eigenvalue weighted by Crippen LogP contribution is -2.35. The summed E-state index contributed by atoms with van der Waals surface area (Å²) >= 11 is 0. The van der Waals surface area contributed by atoms with Gasteiger partial charge in [-0.25, -0.2) is 36.5 Å². The fourth-order valence-electron chi connectivity index (χ4n) is 7.35. The Morgan fingerprint density at radius 3 is 0.983 bits per heavy atom. The molecule has 4 rings (SSSR count). The highest BCUT2D eigenvalue weighted by Crippen LogP contribution is 2.13. The van der Waals surface area contributed by atoms with E-state index in [0.29, 0.717) is 0 Å². The number of unbranched alkanes of at least 4 members (excludes halogenated alkanes) is 22. The molecule has 0 radical (unpaired) electrons. The van der Waals surface area contributed by atoms with Crippen LogP contribution in [-0.2, 0) is 54.4 Å². The largest absolute Gasteiger partial charge is 0.253 e. The zero-order valence-corrected chi connectivity index (χ0v) is 40.2. The van der Waals surface area contributed by atoms with Crippen LogP contribution in [-0.4, -0.2) is 18.3 Å². The second kappa shape index (κ2) is 35.8. The van der Waals surface area contributed by atoms with Crippen molar-refractivity contribution in [2.45, 2.75) is 222 Å². The minimum absolute atomic E-state index is 1.06. The van der Waals surface area contributed by atoms with Gasteiger partial charge in [0.1, 0.15) is 49.6 Å². The molecule has 0 bridgehead atoms. The predicted octanol–water partition coefficient (Wildman–Crippen LogP) is 11.3. The smallest absolute Gasteiger partial charge is 0.240 e. The molecule has 4 heterocycles. The Labute approximate surface area is 359 Å². The molecule has 0 unspecified atom stereocenters. The van der Waals surface area contributed by atoms with Gasteiger partial charge in [-0.2, -0.15) is 0 Å². The number of imidazole rings is 4. The lowest BCUT2D eigenvalue weighted by Gasteiger charge is -2.03. The number of aryl methyl sites for hydroxylation is 8. The first kappa shape index (κ1) is 52.9. The number of hydrogen-bond donors (Lipinski definition) is 0. The van der Waals surface area contributed by atoms with Crippen LogP contribution in [0, 0.1) is 13.8 Å². The van der Waals surface area contributed by atoms with Gasteiger partial charge in [0.15, 0.2) is 0 Å². The normalized spacial score (nSPS) is 10.8. The molecule has 4 aromatic heterocycles. The molecule has 0 aliphatic carbocycles. The average molecular weight is 809 g/mol. The third-order valence-corrected chi connectivity index (χ3v) is 11.7. The molecule has 0 aliphatic rings. The van der Waals surface area contributed by atoms with Crippen LogP contribution in [0.25, 0.3) is 0 Å². The monoisotopic (exact) mass is 809 g/mol. The highest BCUT2D eigenvalue weighted by atomic mass is 15.1. The third-order valence-electron chi connectivity index (χ3n) is 11.7. The van der Waals surface area contributed by atoms with Gasteiger partial charge in [0.05, 0.1) is 54.4 Å². The lowest BCUT2D eigenvalue weighted by atomic mass is 10.0. The van der Waals surface area contributed by atoms with E-state index in [1.54, 1.807) is 0 Å². The van der Waals surface area contributed by atoms with E-state index in [0.717, 1.165) is 13.1 Å². The quantitative estimate of drug-likeness (QED) is 0.0405. The molecule has 4 aromatic rings. The first-order valence-electron chi connectivity index (χ1n) is 24.2. The Hall–Kier alpha value is -3.16. The molecule has 0 saturated carbocycles. The molecular formula is C50H96N8+4. The summed E-state index contributed by atoms with van der Waals surface area (Å²) in [7, 11) is 8.28. The van der Waals surface area contributed by atoms with Crippen molar-refractivity contribution in [3.8, 4) is 0 Å². The predicted molar refractivity (Wildman–Crippen MR) is 245 cm³/mol. The van der Waals surface area contributed by atoms with E-state index >= 15 is 0 Å². The Morgan fingerprint density at radius 2 is 0.707 bits per heavy atom. The molecule has 0 saturated heterocycles. The molecule has 8 nitrogen and oxygen atoms in total. The molecule has 0 aliphatic heterocycles. The summed E-state index contributed by atoms with van der Waals surface area (Å²) < 4.78 is 17.4. The van der Waals surface area contributed by atoms with E-state index in [4.69, 9.17) is 0 Å². The minimum atomic E-state index is 1.06. The summed E-state index contributed by atoms with van der Waals surface area (Å²) in [5, 5.41) is 0. The Kier molecular flexibility index (Phi) is 32.6. The first-order chi connectivity index (χ1) is 28.2. The van der Waals surface area contributed by atoms with Gasteiger partial charge in [-0.15, -0.1) is 0 Å². The summed E-state index contributed by atoms with van der Waals surface area (Å²) in [4.78, 5) is 0. The van der Waals surface area contributed by atoms with Crippen LogP contribution in [0.1, 0.15) is 193 Å². The summed E-state index contributed by atoms with van der Waals surface area (Å²) in [5.41, 5.74) is 0. The second-order valence-corrected chi connectivity index (χ2v) is 16.9. The summed E-state index contributed by atoms with van der Waals surface area (Å²) in [6.07, 6.45) is 55.3. The molecular weight excluding hydrogens is 713 g/mol. The molecule has 8 heteroatoms. The van der Waals surface area contributed by atoms with Crippen LogP contribution in [0.3, 0.4) is 0 Å². The Bertz CT molecular complexity index is 1470. The van der Waals surface area contributed by atoms with E-state index in [2.05, 4.69) is 151 Å². The summed E-state index contributed by atoms with van der Waals surface area (Å²) in [5.74, 6) is 2.66. The Balaban J connectivity index is 0.000000421. The van der Waals surface area contributed by atoms with Gasteiger partial charge >= 0.3 is 0 Å². The first-order valence-corrected chi connectivity index (χ1v) is 24.2. The zero-order valence-electron chi connectivity index (χ0n) is 40.2. The van der Waals surface area contributed by atoms with Crippen molar-refractivity contribution in [1.29, 1.82) is 0 Å². The summed E-state index contributed by atoms with van der Waals surface area (Å²) in [6.45, 7) is 17.6. The molecule has 0 spiro atoms. The van der Waals surface area contributed by atoms with E-state index in [9.17, 15) is 0 Å². The average Bonchev–Trinajstić information content (AvgIpc) is 4.01. The number of rotatable bonds is 28. The van der Waals surface area contributed by atoms with Gasteiger partial charge < -0.3 is 0 Å². The van der Waals surface area contributed by atoms with Crippen molar-refractivity contribution in [2.24, 2.45) is 28.2 Å². The van der Waals surface area contributed by atoms with Gasteiger partial charge in [-0.3, -0.25) is 0 Å². The SMILES string of the molecule is CCCCCCCCCCCCCCCC[n+]1ccn(C)c1C.CCCCCCCCCCCC[n+]1ccn(C)c1.CC[n+]1ccn(C)c1.CC[n+]1ccn(C)c1C. The van der Waals surface area contributed by atoms with Gasteiger partial charge in [0.2, 0.25) is 12.7 Å². The van der Waals surface area contributed by atoms with Crippen molar-refractivity contribution in [3.05, 3.63) is 73.9 Å². The molecule has 0 atom stereocenters. The van der Waals surface area contributed by atoms with Crippen LogP contribution in [0.2, 0.25) is 0 Å². The molecule has 0 N–H and O–H groups in total. The lowest BCUT2D eigenvalue weighted by molar-refractivity contribution is -0.702. The van der Waals surface area contributed by atoms with Crippen LogP contribution in [0.4, 0.5) is 0 Å². The maximum atomic E-state index is 2.38.